The molecule has 0 aliphatic rings. The molecule has 0 atom stereocenters. The summed E-state index contributed by atoms with van der Waals surface area (Å²) in [5.41, 5.74) is 2.84. The first-order valence-corrected chi connectivity index (χ1v) is 8.70. The van der Waals surface area contributed by atoms with Crippen LogP contribution >= 0.6 is 0 Å². The van der Waals surface area contributed by atoms with Gasteiger partial charge in [-0.1, -0.05) is 18.2 Å². The summed E-state index contributed by atoms with van der Waals surface area (Å²) in [4.78, 5) is 26.5. The summed E-state index contributed by atoms with van der Waals surface area (Å²) >= 11 is 0. The Kier molecular flexibility index (Phi) is 5.94. The van der Waals surface area contributed by atoms with Crippen molar-refractivity contribution in [3.63, 3.8) is 0 Å². The van der Waals surface area contributed by atoms with Crippen LogP contribution in [0, 0.1) is 0 Å². The summed E-state index contributed by atoms with van der Waals surface area (Å²) in [5, 5.41) is 6.73. The van der Waals surface area contributed by atoms with E-state index in [2.05, 4.69) is 21.7 Å². The molecule has 0 aliphatic heterocycles. The van der Waals surface area contributed by atoms with Crippen molar-refractivity contribution in [1.82, 2.24) is 10.3 Å². The van der Waals surface area contributed by atoms with Crippen LogP contribution in [0.3, 0.4) is 0 Å². The number of anilines is 1. The quantitative estimate of drug-likeness (QED) is 0.452. The summed E-state index contributed by atoms with van der Waals surface area (Å²) in [6, 6.07) is 14.2. The molecule has 140 valence electrons. The molecule has 3 aromatic rings. The molecule has 27 heavy (non-hydrogen) atoms. The molecule has 0 aliphatic carbocycles. The second-order valence-electron chi connectivity index (χ2n) is 5.80. The molecule has 0 fully saturated rings. The van der Waals surface area contributed by atoms with Crippen LogP contribution in [0.4, 0.5) is 15.3 Å². The number of para-hydroxylation sites is 1. The molecule has 3 N–H and O–H groups in total. The number of fused-ring (bicyclic) bond motifs is 1. The molecule has 1 heterocycles. The van der Waals surface area contributed by atoms with Gasteiger partial charge in [0.05, 0.1) is 6.61 Å². The van der Waals surface area contributed by atoms with E-state index in [0.717, 1.165) is 22.9 Å². The molecular weight excluding hydrogens is 346 g/mol. The van der Waals surface area contributed by atoms with Crippen LogP contribution in [0.25, 0.3) is 10.9 Å². The minimum Gasteiger partial charge on any atom is -0.434 e. The van der Waals surface area contributed by atoms with Crippen molar-refractivity contribution in [3.8, 4) is 5.75 Å². The number of nitrogens with one attached hydrogen (secondary N) is 3. The fourth-order valence-electron chi connectivity index (χ4n) is 2.67. The van der Waals surface area contributed by atoms with Crippen molar-refractivity contribution >= 4 is 28.8 Å². The maximum atomic E-state index is 12.0. The number of ether oxygens (including phenoxy) is 2. The van der Waals surface area contributed by atoms with E-state index in [1.165, 1.54) is 0 Å². The molecule has 2 aromatic carbocycles. The van der Waals surface area contributed by atoms with E-state index < -0.39 is 6.16 Å². The van der Waals surface area contributed by atoms with E-state index in [1.807, 2.05) is 24.4 Å². The third-order valence-corrected chi connectivity index (χ3v) is 3.93. The maximum absolute atomic E-state index is 12.0. The topological polar surface area (TPSA) is 92.4 Å². The summed E-state index contributed by atoms with van der Waals surface area (Å²) in [7, 11) is 0. The molecule has 0 unspecified atom stereocenters. The van der Waals surface area contributed by atoms with Crippen LogP contribution in [0.5, 0.6) is 5.75 Å². The first kappa shape index (κ1) is 18.3. The standard InChI is InChI=1S/C20H21N3O4/c1-2-26-20(25)27-16-9-7-15(8-10-16)23-19(24)21-12-11-14-13-22-18-6-4-3-5-17(14)18/h3-10,13,22H,2,11-12H2,1H3,(H2,21,23,24). The highest BCUT2D eigenvalue weighted by atomic mass is 16.7. The van der Waals surface area contributed by atoms with E-state index in [0.29, 0.717) is 18.0 Å². The lowest BCUT2D eigenvalue weighted by atomic mass is 10.1. The summed E-state index contributed by atoms with van der Waals surface area (Å²) < 4.78 is 9.66. The Morgan fingerprint density at radius 3 is 2.63 bits per heavy atom. The number of hydrogen-bond acceptors (Lipinski definition) is 4. The highest BCUT2D eigenvalue weighted by Gasteiger charge is 2.07. The van der Waals surface area contributed by atoms with Crippen molar-refractivity contribution in [3.05, 3.63) is 60.3 Å². The fourth-order valence-corrected chi connectivity index (χ4v) is 2.67. The van der Waals surface area contributed by atoms with E-state index in [1.54, 1.807) is 31.2 Å². The number of benzene rings is 2. The van der Waals surface area contributed by atoms with Gasteiger partial charge in [0.15, 0.2) is 0 Å². The highest BCUT2D eigenvalue weighted by Crippen LogP contribution is 2.18. The first-order chi connectivity index (χ1) is 13.2. The summed E-state index contributed by atoms with van der Waals surface area (Å²) in [6.07, 6.45) is 1.93. The number of H-pyrrole nitrogens is 1. The number of aromatic nitrogens is 1. The molecular formula is C20H21N3O4. The zero-order valence-corrected chi connectivity index (χ0v) is 15.0. The van der Waals surface area contributed by atoms with E-state index in [9.17, 15) is 9.59 Å². The number of carbonyl (C=O) groups excluding carboxylic acids is 2. The molecule has 0 radical (unpaired) electrons. The number of hydrogen-bond donors (Lipinski definition) is 3. The number of urea groups is 1. The third kappa shape index (κ3) is 5.01. The predicted octanol–water partition coefficient (Wildman–Crippen LogP) is 4.07. The Balaban J connectivity index is 1.45. The van der Waals surface area contributed by atoms with Gasteiger partial charge in [-0.05, 0) is 49.2 Å². The largest absolute Gasteiger partial charge is 0.513 e. The van der Waals surface area contributed by atoms with Gasteiger partial charge in [0.1, 0.15) is 5.75 Å². The Morgan fingerprint density at radius 1 is 1.07 bits per heavy atom. The van der Waals surface area contributed by atoms with E-state index in [4.69, 9.17) is 9.47 Å². The van der Waals surface area contributed by atoms with Crippen LogP contribution in [0.1, 0.15) is 12.5 Å². The molecule has 0 saturated carbocycles. The second-order valence-corrected chi connectivity index (χ2v) is 5.80. The smallest absolute Gasteiger partial charge is 0.434 e. The number of amides is 2. The molecule has 3 rings (SSSR count). The highest BCUT2D eigenvalue weighted by molar-refractivity contribution is 5.89. The normalized spacial score (nSPS) is 10.4. The Labute approximate surface area is 156 Å². The molecule has 2 amide bonds. The van der Waals surface area contributed by atoms with E-state index >= 15 is 0 Å². The molecule has 1 aromatic heterocycles. The summed E-state index contributed by atoms with van der Waals surface area (Å²) in [6.45, 7) is 2.46. The lowest BCUT2D eigenvalue weighted by molar-refractivity contribution is 0.104. The van der Waals surface area contributed by atoms with Crippen LogP contribution in [0.15, 0.2) is 54.7 Å². The molecule has 0 saturated heterocycles. The monoisotopic (exact) mass is 367 g/mol. The minimum absolute atomic E-state index is 0.247. The van der Waals surface area contributed by atoms with Gasteiger partial charge in [-0.15, -0.1) is 0 Å². The van der Waals surface area contributed by atoms with Gasteiger partial charge in [0, 0.05) is 29.3 Å². The number of carbonyl (C=O) groups is 2. The third-order valence-electron chi connectivity index (χ3n) is 3.93. The molecule has 0 spiro atoms. The zero-order chi connectivity index (χ0) is 19.1. The Morgan fingerprint density at radius 2 is 1.85 bits per heavy atom. The average Bonchev–Trinajstić information content (AvgIpc) is 3.07. The van der Waals surface area contributed by atoms with Crippen LogP contribution < -0.4 is 15.4 Å². The van der Waals surface area contributed by atoms with Crippen LogP contribution in [-0.2, 0) is 11.2 Å². The fraction of sp³-hybridized carbons (Fsp3) is 0.200. The average molecular weight is 367 g/mol. The predicted molar refractivity (Wildman–Crippen MR) is 103 cm³/mol. The Bertz CT molecular complexity index is 918. The number of aromatic amines is 1. The first-order valence-electron chi connectivity index (χ1n) is 8.70. The van der Waals surface area contributed by atoms with Gasteiger partial charge < -0.3 is 25.1 Å². The van der Waals surface area contributed by atoms with Crippen LogP contribution in [0.2, 0.25) is 0 Å². The molecule has 7 heteroatoms. The van der Waals surface area contributed by atoms with E-state index in [-0.39, 0.29) is 12.6 Å². The van der Waals surface area contributed by atoms with Gasteiger partial charge in [0.25, 0.3) is 0 Å². The lowest BCUT2D eigenvalue weighted by Crippen LogP contribution is -2.30. The maximum Gasteiger partial charge on any atom is 0.513 e. The van der Waals surface area contributed by atoms with Crippen molar-refractivity contribution in [2.75, 3.05) is 18.5 Å². The van der Waals surface area contributed by atoms with Crippen molar-refractivity contribution in [2.45, 2.75) is 13.3 Å². The van der Waals surface area contributed by atoms with Gasteiger partial charge in [0.2, 0.25) is 0 Å². The van der Waals surface area contributed by atoms with Gasteiger partial charge in [-0.25, -0.2) is 9.59 Å². The Hall–Kier alpha value is -3.48. The zero-order valence-electron chi connectivity index (χ0n) is 15.0. The van der Waals surface area contributed by atoms with Gasteiger partial charge in [-0.2, -0.15) is 0 Å². The van der Waals surface area contributed by atoms with Crippen molar-refractivity contribution < 1.29 is 19.1 Å². The van der Waals surface area contributed by atoms with Gasteiger partial charge >= 0.3 is 12.2 Å². The molecule has 0 bridgehead atoms. The molecule has 7 nitrogen and oxygen atoms in total. The SMILES string of the molecule is CCOC(=O)Oc1ccc(NC(=O)NCCc2c[nH]c3ccccc23)cc1. The van der Waals surface area contributed by atoms with Crippen LogP contribution in [-0.4, -0.2) is 30.3 Å². The second kappa shape index (κ2) is 8.75. The van der Waals surface area contributed by atoms with Crippen molar-refractivity contribution in [2.24, 2.45) is 0 Å². The minimum atomic E-state index is -0.756. The lowest BCUT2D eigenvalue weighted by Gasteiger charge is -2.08. The summed E-state index contributed by atoms with van der Waals surface area (Å²) in [5.74, 6) is 0.346. The number of rotatable bonds is 6. The van der Waals surface area contributed by atoms with Gasteiger partial charge in [-0.3, -0.25) is 0 Å². The van der Waals surface area contributed by atoms with Crippen molar-refractivity contribution in [1.29, 1.82) is 0 Å².